The van der Waals surface area contributed by atoms with Gasteiger partial charge in [0, 0.05) is 28.3 Å². The molecular weight excluding hydrogens is 416 g/mol. The molecule has 0 aliphatic carbocycles. The van der Waals surface area contributed by atoms with Crippen LogP contribution in [0.5, 0.6) is 0 Å². The molecule has 8 heteroatoms. The zero-order valence-electron chi connectivity index (χ0n) is 16.7. The Morgan fingerprint density at radius 3 is 2.48 bits per heavy atom. The Labute approximate surface area is 182 Å². The second-order valence-electron chi connectivity index (χ2n) is 7.28. The van der Waals surface area contributed by atoms with Gasteiger partial charge < -0.3 is 5.11 Å². The van der Waals surface area contributed by atoms with Crippen molar-refractivity contribution in [3.63, 3.8) is 0 Å². The molecule has 2 heterocycles. The van der Waals surface area contributed by atoms with Crippen LogP contribution < -0.4 is 4.90 Å². The van der Waals surface area contributed by atoms with Crippen molar-refractivity contribution in [2.45, 2.75) is 19.9 Å². The number of nitrogens with zero attached hydrogens (tertiary/aromatic N) is 2. The number of anilines is 1. The van der Waals surface area contributed by atoms with Gasteiger partial charge in [-0.3, -0.25) is 24.6 Å². The van der Waals surface area contributed by atoms with Crippen molar-refractivity contribution >= 4 is 40.2 Å². The summed E-state index contributed by atoms with van der Waals surface area (Å²) in [7, 11) is 0. The normalized spacial score (nSPS) is 17.9. The summed E-state index contributed by atoms with van der Waals surface area (Å²) in [4.78, 5) is 38.9. The summed E-state index contributed by atoms with van der Waals surface area (Å²) in [6.07, 6.45) is 0. The van der Waals surface area contributed by atoms with E-state index in [0.29, 0.717) is 5.69 Å². The Morgan fingerprint density at radius 1 is 1.10 bits per heavy atom. The topological polar surface area (TPSA) is 101 Å². The zero-order chi connectivity index (χ0) is 22.3. The number of nitro benzene ring substituents is 1. The van der Waals surface area contributed by atoms with Gasteiger partial charge in [-0.15, -0.1) is 11.3 Å². The third-order valence-electron chi connectivity index (χ3n) is 5.20. The largest absolute Gasteiger partial charge is 0.507 e. The maximum absolute atomic E-state index is 13.1. The van der Waals surface area contributed by atoms with E-state index in [-0.39, 0.29) is 16.8 Å². The van der Waals surface area contributed by atoms with E-state index in [0.717, 1.165) is 16.0 Å². The first-order valence-electron chi connectivity index (χ1n) is 9.46. The second-order valence-corrected chi connectivity index (χ2v) is 8.23. The Morgan fingerprint density at radius 2 is 1.84 bits per heavy atom. The number of thiophene rings is 1. The molecule has 1 amide bonds. The maximum Gasteiger partial charge on any atom is 0.300 e. The van der Waals surface area contributed by atoms with Gasteiger partial charge >= 0.3 is 0 Å². The highest BCUT2D eigenvalue weighted by atomic mass is 32.1. The number of aryl methyl sites for hydroxylation is 2. The van der Waals surface area contributed by atoms with Crippen molar-refractivity contribution in [1.82, 2.24) is 0 Å². The molecule has 1 fully saturated rings. The lowest BCUT2D eigenvalue weighted by atomic mass is 9.98. The number of carbonyl (C=O) groups excluding carboxylic acids is 2. The number of aliphatic hydroxyl groups excluding tert-OH is 1. The van der Waals surface area contributed by atoms with E-state index in [9.17, 15) is 24.8 Å². The summed E-state index contributed by atoms with van der Waals surface area (Å²) >= 11 is 1.38. The van der Waals surface area contributed by atoms with Crippen molar-refractivity contribution in [3.8, 4) is 0 Å². The Balaban J connectivity index is 1.96. The monoisotopic (exact) mass is 434 g/mol. The van der Waals surface area contributed by atoms with Crippen LogP contribution in [0.3, 0.4) is 0 Å². The van der Waals surface area contributed by atoms with E-state index in [2.05, 4.69) is 0 Å². The average molecular weight is 434 g/mol. The van der Waals surface area contributed by atoms with Crippen LogP contribution in [-0.4, -0.2) is 21.7 Å². The molecule has 0 spiro atoms. The lowest BCUT2D eigenvalue weighted by molar-refractivity contribution is -0.384. The number of amides is 1. The molecule has 3 aromatic rings. The minimum atomic E-state index is -0.832. The van der Waals surface area contributed by atoms with E-state index in [4.69, 9.17) is 0 Å². The summed E-state index contributed by atoms with van der Waals surface area (Å²) < 4.78 is 0. The third kappa shape index (κ3) is 3.51. The standard InChI is InChI=1S/C23H18N2O5S/c1-13-5-3-7-16(11-13)24-19(22-14(2)9-10-31-22)18(21(27)23(24)28)20(26)15-6-4-8-17(12-15)25(29)30/h3-12,19,26H,1-2H3/b20-18-. The van der Waals surface area contributed by atoms with Gasteiger partial charge in [-0.05, 0) is 48.6 Å². The number of hydrogen-bond donors (Lipinski definition) is 1. The van der Waals surface area contributed by atoms with Gasteiger partial charge in [0.15, 0.2) is 0 Å². The van der Waals surface area contributed by atoms with Crippen LogP contribution in [0.4, 0.5) is 11.4 Å². The lowest BCUT2D eigenvalue weighted by Gasteiger charge is -2.25. The van der Waals surface area contributed by atoms with Crippen molar-refractivity contribution in [1.29, 1.82) is 0 Å². The Kier molecular flexibility index (Phi) is 5.16. The van der Waals surface area contributed by atoms with Gasteiger partial charge in [-0.2, -0.15) is 0 Å². The third-order valence-corrected chi connectivity index (χ3v) is 6.28. The summed E-state index contributed by atoms with van der Waals surface area (Å²) in [6.45, 7) is 3.75. The molecule has 7 nitrogen and oxygen atoms in total. The highest BCUT2D eigenvalue weighted by Crippen LogP contribution is 2.45. The summed E-state index contributed by atoms with van der Waals surface area (Å²) in [5, 5.41) is 24.1. The van der Waals surface area contributed by atoms with Crippen LogP contribution in [-0.2, 0) is 9.59 Å². The van der Waals surface area contributed by atoms with Gasteiger partial charge in [0.1, 0.15) is 11.8 Å². The highest BCUT2D eigenvalue weighted by Gasteiger charge is 2.48. The fourth-order valence-electron chi connectivity index (χ4n) is 3.71. The van der Waals surface area contributed by atoms with Crippen molar-refractivity contribution < 1.29 is 19.6 Å². The zero-order valence-corrected chi connectivity index (χ0v) is 17.6. The summed E-state index contributed by atoms with van der Waals surface area (Å²) in [5.41, 5.74) is 2.13. The van der Waals surface area contributed by atoms with Gasteiger partial charge in [0.2, 0.25) is 0 Å². The molecule has 0 bridgehead atoms. The molecule has 1 atom stereocenters. The molecule has 31 heavy (non-hydrogen) atoms. The van der Waals surface area contributed by atoms with Crippen LogP contribution in [0, 0.1) is 24.0 Å². The molecule has 1 unspecified atom stereocenters. The van der Waals surface area contributed by atoms with Crippen molar-refractivity contribution in [2.75, 3.05) is 4.90 Å². The molecule has 0 saturated carbocycles. The molecule has 1 aliphatic heterocycles. The molecule has 4 rings (SSSR count). The maximum atomic E-state index is 13.1. The fourth-order valence-corrected chi connectivity index (χ4v) is 4.74. The number of ketones is 1. The minimum Gasteiger partial charge on any atom is -0.507 e. The van der Waals surface area contributed by atoms with Gasteiger partial charge in [0.05, 0.1) is 10.5 Å². The Bertz CT molecular complexity index is 1260. The van der Waals surface area contributed by atoms with Crippen LogP contribution >= 0.6 is 11.3 Å². The minimum absolute atomic E-state index is 0.0856. The number of carbonyl (C=O) groups is 2. The number of Topliss-reactive ketones (excluding diaryl/α,β-unsaturated/α-hetero) is 1. The predicted octanol–water partition coefficient (Wildman–Crippen LogP) is 4.90. The molecule has 1 saturated heterocycles. The first-order chi connectivity index (χ1) is 14.8. The van der Waals surface area contributed by atoms with Gasteiger partial charge in [0.25, 0.3) is 17.4 Å². The molecule has 156 valence electrons. The molecule has 0 radical (unpaired) electrons. The Hall–Kier alpha value is -3.78. The van der Waals surface area contributed by atoms with E-state index in [1.54, 1.807) is 18.2 Å². The summed E-state index contributed by atoms with van der Waals surface area (Å²) in [6, 6.07) is 13.6. The van der Waals surface area contributed by atoms with Crippen molar-refractivity contribution in [2.24, 2.45) is 0 Å². The molecule has 2 aromatic carbocycles. The van der Waals surface area contributed by atoms with Crippen LogP contribution in [0.2, 0.25) is 0 Å². The number of nitro groups is 1. The number of rotatable bonds is 4. The van der Waals surface area contributed by atoms with Gasteiger partial charge in [-0.1, -0.05) is 24.3 Å². The smallest absolute Gasteiger partial charge is 0.300 e. The first kappa shape index (κ1) is 20.5. The quantitative estimate of drug-likeness (QED) is 0.207. The predicted molar refractivity (Wildman–Crippen MR) is 118 cm³/mol. The van der Waals surface area contributed by atoms with Gasteiger partial charge in [-0.25, -0.2) is 0 Å². The summed E-state index contributed by atoms with van der Waals surface area (Å²) in [5.74, 6) is -2.02. The fraction of sp³-hybridized carbons (Fsp3) is 0.130. The van der Waals surface area contributed by atoms with Crippen LogP contribution in [0.25, 0.3) is 5.76 Å². The van der Waals surface area contributed by atoms with Crippen LogP contribution in [0.1, 0.15) is 27.6 Å². The first-order valence-corrected chi connectivity index (χ1v) is 10.3. The van der Waals surface area contributed by atoms with Crippen molar-refractivity contribution in [3.05, 3.63) is 97.2 Å². The number of aliphatic hydroxyl groups is 1. The highest BCUT2D eigenvalue weighted by molar-refractivity contribution is 7.10. The number of non-ortho nitro benzene ring substituents is 1. The van der Waals surface area contributed by atoms with E-state index in [1.807, 2.05) is 31.4 Å². The molecule has 1 N–H and O–H groups in total. The molecular formula is C23H18N2O5S. The van der Waals surface area contributed by atoms with E-state index in [1.165, 1.54) is 40.5 Å². The molecule has 1 aliphatic rings. The number of hydrogen-bond acceptors (Lipinski definition) is 6. The van der Waals surface area contributed by atoms with E-state index >= 15 is 0 Å². The second kappa shape index (κ2) is 7.81. The SMILES string of the molecule is Cc1cccc(N2C(=O)C(=O)/C(=C(\O)c3cccc([N+](=O)[O-])c3)C2c2sccc2C)c1. The van der Waals surface area contributed by atoms with Crippen LogP contribution in [0.15, 0.2) is 65.6 Å². The number of benzene rings is 2. The average Bonchev–Trinajstić information content (AvgIpc) is 3.28. The van der Waals surface area contributed by atoms with E-state index < -0.39 is 28.4 Å². The molecule has 1 aromatic heterocycles. The lowest BCUT2D eigenvalue weighted by Crippen LogP contribution is -2.29.